The summed E-state index contributed by atoms with van der Waals surface area (Å²) in [5.74, 6) is 0. The lowest BCUT2D eigenvalue weighted by molar-refractivity contribution is 1.40. The summed E-state index contributed by atoms with van der Waals surface area (Å²) in [5, 5.41) is 11.2. The molecule has 3 heteroatoms. The highest BCUT2D eigenvalue weighted by atomic mass is 127. The third-order valence-corrected chi connectivity index (χ3v) is 4.16. The summed E-state index contributed by atoms with van der Waals surface area (Å²) in [6.07, 6.45) is 8.75. The zero-order valence-corrected chi connectivity index (χ0v) is 12.5. The van der Waals surface area contributed by atoms with E-state index in [0.717, 1.165) is 5.69 Å². The highest BCUT2D eigenvalue weighted by Gasteiger charge is 2.20. The van der Waals surface area contributed by atoms with Crippen molar-refractivity contribution in [2.75, 3.05) is 5.32 Å². The molecular weight excluding hydrogens is 347 g/mol. The Kier molecular flexibility index (Phi) is 4.58. The Hall–Kier alpha value is -1.80. The molecule has 2 aliphatic carbocycles. The van der Waals surface area contributed by atoms with Crippen LogP contribution in [-0.2, 0) is 0 Å². The summed E-state index contributed by atoms with van der Waals surface area (Å²) in [4.78, 5) is 0. The van der Waals surface area contributed by atoms with Crippen molar-refractivity contribution >= 4 is 28.3 Å². The summed E-state index contributed by atoms with van der Waals surface area (Å²) >= 11 is 2.45. The van der Waals surface area contributed by atoms with Crippen molar-refractivity contribution in [1.82, 2.24) is 0 Å². The first-order valence-electron chi connectivity index (χ1n) is 5.85. The van der Waals surface area contributed by atoms with E-state index in [1.54, 1.807) is 0 Å². The van der Waals surface area contributed by atoms with Crippen LogP contribution in [-0.4, -0.2) is 3.92 Å². The quantitative estimate of drug-likeness (QED) is 0.483. The first kappa shape index (κ1) is 13.6. The van der Waals surface area contributed by atoms with Gasteiger partial charge in [0, 0.05) is 5.69 Å². The third kappa shape index (κ3) is 3.58. The van der Waals surface area contributed by atoms with E-state index < -0.39 is 0 Å². The lowest BCUT2D eigenvalue weighted by Gasteiger charge is -2.00. The molecule has 1 aromatic carbocycles. The van der Waals surface area contributed by atoms with E-state index in [9.17, 15) is 0 Å². The van der Waals surface area contributed by atoms with Gasteiger partial charge in [0.05, 0.1) is 3.92 Å². The van der Waals surface area contributed by atoms with Gasteiger partial charge in [-0.3, -0.25) is 0 Å². The van der Waals surface area contributed by atoms with Crippen LogP contribution in [0.5, 0.6) is 0 Å². The second kappa shape index (κ2) is 6.39. The SMILES string of the molecule is C=C(C#N)Nc1ccccc1.IC1C2=CC=C1C=C2. The molecular formula is C16H13IN2. The summed E-state index contributed by atoms with van der Waals surface area (Å²) in [6, 6.07) is 11.4. The van der Waals surface area contributed by atoms with Crippen LogP contribution in [0.3, 0.4) is 0 Å². The Morgan fingerprint density at radius 2 is 1.74 bits per heavy atom. The molecule has 2 aliphatic rings. The second-order valence-electron chi connectivity index (χ2n) is 4.11. The maximum absolute atomic E-state index is 8.38. The first-order chi connectivity index (χ1) is 9.20. The van der Waals surface area contributed by atoms with Crippen LogP contribution in [0.4, 0.5) is 5.69 Å². The van der Waals surface area contributed by atoms with Crippen molar-refractivity contribution in [2.45, 2.75) is 3.92 Å². The van der Waals surface area contributed by atoms with E-state index >= 15 is 0 Å². The lowest BCUT2D eigenvalue weighted by atomic mass is 10.3. The van der Waals surface area contributed by atoms with Crippen molar-refractivity contribution in [3.63, 3.8) is 0 Å². The normalized spacial score (nSPS) is 14.9. The Bertz CT molecular complexity index is 581. The molecule has 0 aliphatic heterocycles. The van der Waals surface area contributed by atoms with Gasteiger partial charge in [-0.05, 0) is 23.3 Å². The topological polar surface area (TPSA) is 35.8 Å². The molecule has 19 heavy (non-hydrogen) atoms. The zero-order valence-electron chi connectivity index (χ0n) is 10.3. The summed E-state index contributed by atoms with van der Waals surface area (Å²) in [6.45, 7) is 3.50. The number of alkyl halides is 1. The molecule has 0 amide bonds. The molecule has 2 nitrogen and oxygen atoms in total. The highest BCUT2D eigenvalue weighted by Crippen LogP contribution is 2.34. The summed E-state index contributed by atoms with van der Waals surface area (Å²) < 4.78 is 0.674. The molecule has 94 valence electrons. The Labute approximate surface area is 127 Å². The largest absolute Gasteiger partial charge is 0.347 e. The predicted octanol–water partition coefficient (Wildman–Crippen LogP) is 4.36. The fourth-order valence-corrected chi connectivity index (χ4v) is 2.58. The van der Waals surface area contributed by atoms with E-state index in [2.05, 4.69) is 58.8 Å². The number of nitrogens with one attached hydrogen (secondary N) is 1. The van der Waals surface area contributed by atoms with Gasteiger partial charge in [0.15, 0.2) is 0 Å². The monoisotopic (exact) mass is 360 g/mol. The molecule has 0 saturated heterocycles. The van der Waals surface area contributed by atoms with Crippen LogP contribution in [0.1, 0.15) is 0 Å². The molecule has 1 N–H and O–H groups in total. The van der Waals surface area contributed by atoms with Gasteiger partial charge in [0.2, 0.25) is 0 Å². The van der Waals surface area contributed by atoms with Crippen LogP contribution in [0.25, 0.3) is 0 Å². The molecule has 0 radical (unpaired) electrons. The number of hydrogen-bond acceptors (Lipinski definition) is 2. The molecule has 0 saturated carbocycles. The van der Waals surface area contributed by atoms with Gasteiger partial charge < -0.3 is 5.32 Å². The van der Waals surface area contributed by atoms with E-state index in [1.807, 2.05) is 36.4 Å². The Morgan fingerprint density at radius 3 is 2.11 bits per heavy atom. The standard InChI is InChI=1S/C9H8N2.C7H5I/c1-8(7-10)11-9-5-3-2-4-6-9;8-7-5-1-2-6(7)4-3-5/h2-6,11H,1H2;1-4,7H. The smallest absolute Gasteiger partial charge is 0.117 e. The average Bonchev–Trinajstić information content (AvgIpc) is 2.98. The molecule has 1 aromatic rings. The summed E-state index contributed by atoms with van der Waals surface area (Å²) in [7, 11) is 0. The van der Waals surface area contributed by atoms with Crippen LogP contribution >= 0.6 is 22.6 Å². The number of anilines is 1. The minimum atomic E-state index is 0.358. The molecule has 0 unspecified atom stereocenters. The van der Waals surface area contributed by atoms with Gasteiger partial charge in [-0.15, -0.1) is 0 Å². The maximum atomic E-state index is 8.38. The number of nitriles is 1. The molecule has 0 spiro atoms. The van der Waals surface area contributed by atoms with Crippen LogP contribution in [0.15, 0.2) is 78.1 Å². The van der Waals surface area contributed by atoms with Gasteiger partial charge >= 0.3 is 0 Å². The minimum Gasteiger partial charge on any atom is -0.347 e. The number of nitrogens with zero attached hydrogens (tertiary/aromatic N) is 1. The molecule has 0 atom stereocenters. The van der Waals surface area contributed by atoms with Crippen LogP contribution in [0.2, 0.25) is 0 Å². The maximum Gasteiger partial charge on any atom is 0.117 e. The average molecular weight is 360 g/mol. The number of fused-ring (bicyclic) bond motifs is 2. The van der Waals surface area contributed by atoms with E-state index in [-0.39, 0.29) is 0 Å². The van der Waals surface area contributed by atoms with Crippen molar-refractivity contribution in [1.29, 1.82) is 5.26 Å². The number of halogens is 1. The van der Waals surface area contributed by atoms with Gasteiger partial charge in [-0.2, -0.15) is 5.26 Å². The lowest BCUT2D eigenvalue weighted by Crippen LogP contribution is -1.93. The number of allylic oxidation sites excluding steroid dienone is 7. The number of rotatable bonds is 2. The van der Waals surface area contributed by atoms with E-state index in [1.165, 1.54) is 11.1 Å². The molecule has 0 heterocycles. The number of hydrogen-bond donors (Lipinski definition) is 1. The third-order valence-electron chi connectivity index (χ3n) is 2.73. The molecule has 0 aromatic heterocycles. The second-order valence-corrected chi connectivity index (χ2v) is 5.36. The van der Waals surface area contributed by atoms with Crippen molar-refractivity contribution < 1.29 is 0 Å². The van der Waals surface area contributed by atoms with Gasteiger partial charge in [-0.1, -0.05) is 71.7 Å². The van der Waals surface area contributed by atoms with Gasteiger partial charge in [0.1, 0.15) is 11.8 Å². The summed E-state index contributed by atoms with van der Waals surface area (Å²) in [5.41, 5.74) is 4.16. The van der Waals surface area contributed by atoms with Crippen LogP contribution in [0, 0.1) is 11.3 Å². The van der Waals surface area contributed by atoms with Gasteiger partial charge in [0.25, 0.3) is 0 Å². The van der Waals surface area contributed by atoms with Gasteiger partial charge in [-0.25, -0.2) is 0 Å². The molecule has 2 bridgehead atoms. The van der Waals surface area contributed by atoms with Crippen LogP contribution < -0.4 is 5.32 Å². The van der Waals surface area contributed by atoms with Crippen molar-refractivity contribution in [3.05, 3.63) is 78.1 Å². The number of benzene rings is 1. The Balaban J connectivity index is 0.000000146. The highest BCUT2D eigenvalue weighted by molar-refractivity contribution is 14.1. The minimum absolute atomic E-state index is 0.358. The zero-order chi connectivity index (χ0) is 13.7. The number of para-hydroxylation sites is 1. The first-order valence-corrected chi connectivity index (χ1v) is 7.10. The molecule has 3 rings (SSSR count). The Morgan fingerprint density at radius 1 is 1.16 bits per heavy atom. The van der Waals surface area contributed by atoms with E-state index in [4.69, 9.17) is 5.26 Å². The van der Waals surface area contributed by atoms with E-state index in [0.29, 0.717) is 9.62 Å². The fourth-order valence-electron chi connectivity index (χ4n) is 1.75. The van der Waals surface area contributed by atoms with Crippen molar-refractivity contribution in [2.24, 2.45) is 0 Å². The molecule has 0 fully saturated rings. The van der Waals surface area contributed by atoms with Crippen molar-refractivity contribution in [3.8, 4) is 6.07 Å². The predicted molar refractivity (Wildman–Crippen MR) is 87.9 cm³/mol. The fraction of sp³-hybridized carbons (Fsp3) is 0.0625.